The van der Waals surface area contributed by atoms with E-state index >= 15 is 0 Å². The first kappa shape index (κ1) is 16.4. The van der Waals surface area contributed by atoms with Crippen molar-refractivity contribution in [2.24, 2.45) is 0 Å². The van der Waals surface area contributed by atoms with Crippen molar-refractivity contribution in [3.8, 4) is 0 Å². The molecule has 1 N–H and O–H groups in total. The van der Waals surface area contributed by atoms with Crippen LogP contribution in [0.1, 0.15) is 38.5 Å². The highest BCUT2D eigenvalue weighted by molar-refractivity contribution is 7.15. The number of methoxy groups -OCH3 is 1. The third-order valence-corrected chi connectivity index (χ3v) is 4.18. The maximum atomic E-state index is 5.20. The highest BCUT2D eigenvalue weighted by Gasteiger charge is 2.14. The first-order valence-corrected chi connectivity index (χ1v) is 7.94. The van der Waals surface area contributed by atoms with Gasteiger partial charge in [0.2, 0.25) is 0 Å². The maximum absolute atomic E-state index is 5.20. The van der Waals surface area contributed by atoms with E-state index in [2.05, 4.69) is 36.0 Å². The lowest BCUT2D eigenvalue weighted by Gasteiger charge is -2.27. The molecule has 0 spiro atoms. The van der Waals surface area contributed by atoms with Crippen LogP contribution in [0.5, 0.6) is 0 Å². The molecule has 5 heteroatoms. The molecule has 1 atom stereocenters. The van der Waals surface area contributed by atoms with Crippen LogP contribution in [0.25, 0.3) is 0 Å². The molecule has 1 aromatic heterocycles. The Kier molecular flexibility index (Phi) is 8.02. The number of anilines is 1. The number of hydrogen-bond donors (Lipinski definition) is 1. The zero-order chi connectivity index (χ0) is 14.1. The van der Waals surface area contributed by atoms with Gasteiger partial charge >= 0.3 is 0 Å². The summed E-state index contributed by atoms with van der Waals surface area (Å²) in [6.07, 6.45) is 4.27. The third kappa shape index (κ3) is 5.89. The number of aromatic nitrogens is 1. The predicted octanol–water partition coefficient (Wildman–Crippen LogP) is 3.21. The van der Waals surface area contributed by atoms with Crippen LogP contribution >= 0.6 is 11.3 Å². The van der Waals surface area contributed by atoms with Gasteiger partial charge in [-0.05, 0) is 19.8 Å². The molecule has 0 bridgehead atoms. The van der Waals surface area contributed by atoms with E-state index in [9.17, 15) is 0 Å². The second kappa shape index (κ2) is 9.28. The van der Waals surface area contributed by atoms with Gasteiger partial charge in [-0.3, -0.25) is 4.90 Å². The third-order valence-electron chi connectivity index (χ3n) is 3.24. The van der Waals surface area contributed by atoms with E-state index in [4.69, 9.17) is 4.74 Å². The zero-order valence-electron chi connectivity index (χ0n) is 12.6. The van der Waals surface area contributed by atoms with Crippen LogP contribution in [-0.2, 0) is 11.3 Å². The number of thiazole rings is 1. The van der Waals surface area contributed by atoms with Crippen LogP contribution in [0.15, 0.2) is 6.20 Å². The SMILES string of the molecule is CCCNc1ncc(CN(CCOC)C(C)CC)s1. The van der Waals surface area contributed by atoms with Gasteiger partial charge in [0, 0.05) is 43.9 Å². The highest BCUT2D eigenvalue weighted by Crippen LogP contribution is 2.21. The molecular weight excluding hydrogens is 258 g/mol. The van der Waals surface area contributed by atoms with Gasteiger partial charge in [0.15, 0.2) is 5.13 Å². The van der Waals surface area contributed by atoms with Crippen LogP contribution in [0, 0.1) is 0 Å². The summed E-state index contributed by atoms with van der Waals surface area (Å²) in [4.78, 5) is 8.20. The second-order valence-corrected chi connectivity index (χ2v) is 5.89. The Morgan fingerprint density at radius 3 is 2.89 bits per heavy atom. The topological polar surface area (TPSA) is 37.4 Å². The minimum absolute atomic E-state index is 0.573. The van der Waals surface area contributed by atoms with Gasteiger partial charge in [-0.15, -0.1) is 11.3 Å². The molecular formula is C14H27N3OS. The van der Waals surface area contributed by atoms with Crippen LogP contribution in [0.3, 0.4) is 0 Å². The standard InChI is InChI=1S/C14H27N3OS/c1-5-7-15-14-16-10-13(19-14)11-17(8-9-18-4)12(3)6-2/h10,12H,5-9,11H2,1-4H3,(H,15,16). The first-order chi connectivity index (χ1) is 9.21. The molecule has 0 aliphatic rings. The largest absolute Gasteiger partial charge is 0.383 e. The molecule has 0 radical (unpaired) electrons. The van der Waals surface area contributed by atoms with E-state index in [0.29, 0.717) is 6.04 Å². The minimum Gasteiger partial charge on any atom is -0.383 e. The lowest BCUT2D eigenvalue weighted by Crippen LogP contribution is -2.34. The summed E-state index contributed by atoms with van der Waals surface area (Å²) in [5.74, 6) is 0. The average Bonchev–Trinajstić information content (AvgIpc) is 2.87. The molecule has 0 fully saturated rings. The summed E-state index contributed by atoms with van der Waals surface area (Å²) in [7, 11) is 1.76. The van der Waals surface area contributed by atoms with Gasteiger partial charge in [0.1, 0.15) is 0 Å². The Morgan fingerprint density at radius 1 is 1.47 bits per heavy atom. The lowest BCUT2D eigenvalue weighted by molar-refractivity contribution is 0.118. The second-order valence-electron chi connectivity index (χ2n) is 4.78. The molecule has 1 unspecified atom stereocenters. The fraction of sp³-hybridized carbons (Fsp3) is 0.786. The minimum atomic E-state index is 0.573. The molecule has 0 aliphatic carbocycles. The first-order valence-electron chi connectivity index (χ1n) is 7.12. The molecule has 0 saturated carbocycles. The Labute approximate surface area is 121 Å². The summed E-state index contributed by atoms with van der Waals surface area (Å²) in [5.41, 5.74) is 0. The number of nitrogens with zero attached hydrogens (tertiary/aromatic N) is 2. The molecule has 0 saturated heterocycles. The van der Waals surface area contributed by atoms with Gasteiger partial charge in [0.25, 0.3) is 0 Å². The molecule has 1 aromatic rings. The quantitative estimate of drug-likeness (QED) is 0.716. The Morgan fingerprint density at radius 2 is 2.26 bits per heavy atom. The van der Waals surface area contributed by atoms with Crippen molar-refractivity contribution in [3.63, 3.8) is 0 Å². The Balaban J connectivity index is 2.54. The summed E-state index contributed by atoms with van der Waals surface area (Å²) < 4.78 is 5.20. The van der Waals surface area contributed by atoms with Crippen LogP contribution in [0.2, 0.25) is 0 Å². The van der Waals surface area contributed by atoms with Gasteiger partial charge in [0.05, 0.1) is 6.61 Å². The van der Waals surface area contributed by atoms with E-state index in [1.54, 1.807) is 18.4 Å². The maximum Gasteiger partial charge on any atom is 0.182 e. The van der Waals surface area contributed by atoms with E-state index in [0.717, 1.165) is 44.2 Å². The summed E-state index contributed by atoms with van der Waals surface area (Å²) in [5, 5.41) is 4.37. The van der Waals surface area contributed by atoms with Gasteiger partial charge in [-0.2, -0.15) is 0 Å². The number of rotatable bonds is 10. The molecule has 0 aromatic carbocycles. The van der Waals surface area contributed by atoms with Crippen LogP contribution in [-0.4, -0.2) is 42.7 Å². The average molecular weight is 285 g/mol. The fourth-order valence-corrected chi connectivity index (χ4v) is 2.68. The van der Waals surface area contributed by atoms with Crippen molar-refractivity contribution in [2.75, 3.05) is 32.1 Å². The molecule has 19 heavy (non-hydrogen) atoms. The van der Waals surface area contributed by atoms with Crippen molar-refractivity contribution >= 4 is 16.5 Å². The predicted molar refractivity (Wildman–Crippen MR) is 82.9 cm³/mol. The van der Waals surface area contributed by atoms with Gasteiger partial charge in [-0.1, -0.05) is 13.8 Å². The molecule has 0 aliphatic heterocycles. The Bertz CT molecular complexity index is 343. The van der Waals surface area contributed by atoms with Gasteiger partial charge in [-0.25, -0.2) is 4.98 Å². The zero-order valence-corrected chi connectivity index (χ0v) is 13.4. The summed E-state index contributed by atoms with van der Waals surface area (Å²) in [6, 6.07) is 0.573. The van der Waals surface area contributed by atoms with Crippen LogP contribution < -0.4 is 5.32 Å². The van der Waals surface area contributed by atoms with Gasteiger partial charge < -0.3 is 10.1 Å². The molecule has 110 valence electrons. The molecule has 1 rings (SSSR count). The van der Waals surface area contributed by atoms with Crippen molar-refractivity contribution in [1.29, 1.82) is 0 Å². The monoisotopic (exact) mass is 285 g/mol. The highest BCUT2D eigenvalue weighted by atomic mass is 32.1. The van der Waals surface area contributed by atoms with Crippen LogP contribution in [0.4, 0.5) is 5.13 Å². The molecule has 0 amide bonds. The number of hydrogen-bond acceptors (Lipinski definition) is 5. The summed E-state index contributed by atoms with van der Waals surface area (Å²) in [6.45, 7) is 10.4. The Hall–Kier alpha value is -0.650. The van der Waals surface area contributed by atoms with E-state index in [1.807, 2.05) is 6.20 Å². The number of nitrogens with one attached hydrogen (secondary N) is 1. The summed E-state index contributed by atoms with van der Waals surface area (Å²) >= 11 is 1.76. The van der Waals surface area contributed by atoms with Crippen molar-refractivity contribution in [2.45, 2.75) is 46.2 Å². The van der Waals surface area contributed by atoms with E-state index in [1.165, 1.54) is 4.88 Å². The normalized spacial score (nSPS) is 12.9. The molecule has 1 heterocycles. The van der Waals surface area contributed by atoms with Crippen molar-refractivity contribution in [3.05, 3.63) is 11.1 Å². The van der Waals surface area contributed by atoms with Crippen molar-refractivity contribution < 1.29 is 4.74 Å². The van der Waals surface area contributed by atoms with E-state index < -0.39 is 0 Å². The van der Waals surface area contributed by atoms with E-state index in [-0.39, 0.29) is 0 Å². The molecule has 4 nitrogen and oxygen atoms in total. The smallest absolute Gasteiger partial charge is 0.182 e. The number of ether oxygens (including phenoxy) is 1. The van der Waals surface area contributed by atoms with Crippen molar-refractivity contribution in [1.82, 2.24) is 9.88 Å². The lowest BCUT2D eigenvalue weighted by atomic mass is 10.2. The fourth-order valence-electron chi connectivity index (χ4n) is 1.82.